The number of rotatable bonds is 1. The summed E-state index contributed by atoms with van der Waals surface area (Å²) in [6.45, 7) is 8.73. The van der Waals surface area contributed by atoms with Gasteiger partial charge in [0.25, 0.3) is 0 Å². The van der Waals surface area contributed by atoms with Gasteiger partial charge < -0.3 is 9.42 Å². The molecule has 0 fully saturated rings. The summed E-state index contributed by atoms with van der Waals surface area (Å²) in [6.07, 6.45) is 2.70. The zero-order chi connectivity index (χ0) is 14.7. The molecule has 2 aromatic heterocycles. The van der Waals surface area contributed by atoms with Crippen molar-refractivity contribution in [2.24, 2.45) is 0 Å². The summed E-state index contributed by atoms with van der Waals surface area (Å²) in [6, 6.07) is 0. The minimum Gasteiger partial charge on any atom is -0.364 e. The molecule has 0 bridgehead atoms. The van der Waals surface area contributed by atoms with Gasteiger partial charge in [-0.1, -0.05) is 30.6 Å². The van der Waals surface area contributed by atoms with Crippen molar-refractivity contribution in [3.05, 3.63) is 22.5 Å². The smallest absolute Gasteiger partial charge is 0.138 e. The molecular weight excluding hydrogens is 276 g/mol. The molecule has 6 heteroatoms. The van der Waals surface area contributed by atoms with E-state index in [0.29, 0.717) is 5.02 Å². The van der Waals surface area contributed by atoms with Gasteiger partial charge in [0, 0.05) is 25.2 Å². The van der Waals surface area contributed by atoms with Crippen LogP contribution in [0.2, 0.25) is 5.02 Å². The van der Waals surface area contributed by atoms with E-state index in [-0.39, 0.29) is 0 Å². The van der Waals surface area contributed by atoms with Gasteiger partial charge in [-0.05, 0) is 20.4 Å². The van der Waals surface area contributed by atoms with E-state index >= 15 is 0 Å². The number of aromatic nitrogens is 3. The number of aryl methyl sites for hydroxylation is 2. The van der Waals surface area contributed by atoms with Gasteiger partial charge in [-0.3, -0.25) is 4.68 Å². The van der Waals surface area contributed by atoms with Crippen molar-refractivity contribution in [1.82, 2.24) is 19.8 Å². The maximum absolute atomic E-state index is 6.45. The lowest BCUT2D eigenvalue weighted by atomic mass is 10.2. The van der Waals surface area contributed by atoms with E-state index in [0.717, 1.165) is 48.7 Å². The quantitative estimate of drug-likeness (QED) is 0.809. The molecule has 2 aromatic rings. The largest absolute Gasteiger partial charge is 0.364 e. The van der Waals surface area contributed by atoms with Gasteiger partial charge in [0.05, 0.1) is 10.7 Å². The lowest BCUT2D eigenvalue weighted by Gasteiger charge is -2.11. The van der Waals surface area contributed by atoms with Crippen LogP contribution in [0.5, 0.6) is 0 Å². The van der Waals surface area contributed by atoms with Crippen LogP contribution >= 0.6 is 11.6 Å². The second-order valence-electron chi connectivity index (χ2n) is 4.77. The first-order valence-corrected chi connectivity index (χ1v) is 7.39. The number of fused-ring (bicyclic) bond motifs is 1. The van der Waals surface area contributed by atoms with E-state index in [4.69, 9.17) is 16.1 Å². The monoisotopic (exact) mass is 296 g/mol. The van der Waals surface area contributed by atoms with Gasteiger partial charge in [-0.2, -0.15) is 5.10 Å². The standard InChI is InChI=1S/C12H15ClN4O.C2H6/c1-8-7-18-15-11(8)12-10(13)9-6-16(2)4-3-5-17(9)14-12;1-2/h7H,3-6H2,1-2H3;1-2H3. The van der Waals surface area contributed by atoms with Crippen LogP contribution in [0.4, 0.5) is 0 Å². The molecule has 5 nitrogen and oxygen atoms in total. The normalized spacial score (nSPS) is 15.2. The third-order valence-corrected chi connectivity index (χ3v) is 3.69. The first-order chi connectivity index (χ1) is 9.66. The highest BCUT2D eigenvalue weighted by Crippen LogP contribution is 2.32. The molecule has 0 spiro atoms. The summed E-state index contributed by atoms with van der Waals surface area (Å²) < 4.78 is 6.96. The molecular formula is C14H21ClN4O. The molecule has 0 saturated heterocycles. The van der Waals surface area contributed by atoms with Crippen LogP contribution in [0.15, 0.2) is 10.8 Å². The first kappa shape index (κ1) is 15.1. The molecule has 0 N–H and O–H groups in total. The maximum atomic E-state index is 6.45. The van der Waals surface area contributed by atoms with E-state index in [9.17, 15) is 0 Å². The Morgan fingerprint density at radius 3 is 2.65 bits per heavy atom. The molecule has 0 saturated carbocycles. The lowest BCUT2D eigenvalue weighted by Crippen LogP contribution is -2.17. The average Bonchev–Trinajstić information content (AvgIpc) is 2.92. The molecule has 0 unspecified atom stereocenters. The Hall–Kier alpha value is -1.33. The zero-order valence-corrected chi connectivity index (χ0v) is 13.2. The average molecular weight is 297 g/mol. The highest BCUT2D eigenvalue weighted by molar-refractivity contribution is 6.33. The van der Waals surface area contributed by atoms with Crippen LogP contribution < -0.4 is 0 Å². The lowest BCUT2D eigenvalue weighted by molar-refractivity contribution is 0.332. The van der Waals surface area contributed by atoms with E-state index < -0.39 is 0 Å². The molecule has 0 radical (unpaired) electrons. The Kier molecular flexibility index (Phi) is 4.83. The third-order valence-electron chi connectivity index (χ3n) is 3.29. The highest BCUT2D eigenvalue weighted by atomic mass is 35.5. The Morgan fingerprint density at radius 1 is 1.25 bits per heavy atom. The van der Waals surface area contributed by atoms with Crippen molar-refractivity contribution in [2.45, 2.75) is 40.3 Å². The van der Waals surface area contributed by atoms with Gasteiger partial charge in [0.1, 0.15) is 17.7 Å². The van der Waals surface area contributed by atoms with Crippen molar-refractivity contribution in [3.63, 3.8) is 0 Å². The Labute approximate surface area is 124 Å². The van der Waals surface area contributed by atoms with Crippen LogP contribution in [-0.4, -0.2) is 33.4 Å². The molecule has 0 aromatic carbocycles. The van der Waals surface area contributed by atoms with E-state index in [2.05, 4.69) is 22.2 Å². The van der Waals surface area contributed by atoms with Crippen molar-refractivity contribution < 1.29 is 4.52 Å². The highest BCUT2D eigenvalue weighted by Gasteiger charge is 2.23. The number of nitrogens with zero attached hydrogens (tertiary/aromatic N) is 4. The fourth-order valence-electron chi connectivity index (χ4n) is 2.30. The van der Waals surface area contributed by atoms with Crippen molar-refractivity contribution in [3.8, 4) is 11.4 Å². The van der Waals surface area contributed by atoms with Gasteiger partial charge in [0.15, 0.2) is 0 Å². The third kappa shape index (κ3) is 2.74. The summed E-state index contributed by atoms with van der Waals surface area (Å²) >= 11 is 6.45. The van der Waals surface area contributed by atoms with E-state index in [1.807, 2.05) is 25.5 Å². The number of halogens is 1. The summed E-state index contributed by atoms with van der Waals surface area (Å²) in [4.78, 5) is 2.26. The Balaban J connectivity index is 0.000000704. The maximum Gasteiger partial charge on any atom is 0.138 e. The fourth-order valence-corrected chi connectivity index (χ4v) is 2.59. The molecule has 3 rings (SSSR count). The predicted molar refractivity (Wildman–Crippen MR) is 79.8 cm³/mol. The molecule has 0 aliphatic carbocycles. The fraction of sp³-hybridized carbons (Fsp3) is 0.571. The molecule has 1 aliphatic rings. The summed E-state index contributed by atoms with van der Waals surface area (Å²) in [5, 5.41) is 9.26. The van der Waals surface area contributed by atoms with E-state index in [1.54, 1.807) is 6.26 Å². The summed E-state index contributed by atoms with van der Waals surface area (Å²) in [7, 11) is 2.10. The van der Waals surface area contributed by atoms with Crippen molar-refractivity contribution in [1.29, 1.82) is 0 Å². The van der Waals surface area contributed by atoms with Gasteiger partial charge in [0.2, 0.25) is 0 Å². The van der Waals surface area contributed by atoms with Gasteiger partial charge >= 0.3 is 0 Å². The SMILES string of the molecule is CC.Cc1conc1-c1nn2c(c1Cl)CN(C)CCC2. The number of hydrogen-bond acceptors (Lipinski definition) is 4. The molecule has 0 amide bonds. The molecule has 110 valence electrons. The zero-order valence-electron chi connectivity index (χ0n) is 12.5. The minimum atomic E-state index is 0.695. The molecule has 20 heavy (non-hydrogen) atoms. The number of hydrogen-bond donors (Lipinski definition) is 0. The summed E-state index contributed by atoms with van der Waals surface area (Å²) in [5.74, 6) is 0. The van der Waals surface area contributed by atoms with Crippen LogP contribution in [0.1, 0.15) is 31.5 Å². The topological polar surface area (TPSA) is 47.1 Å². The van der Waals surface area contributed by atoms with Crippen LogP contribution in [0.25, 0.3) is 11.4 Å². The van der Waals surface area contributed by atoms with Gasteiger partial charge in [-0.25, -0.2) is 0 Å². The van der Waals surface area contributed by atoms with Crippen LogP contribution in [0.3, 0.4) is 0 Å². The second-order valence-corrected chi connectivity index (χ2v) is 5.15. The summed E-state index contributed by atoms with van der Waals surface area (Å²) in [5.41, 5.74) is 3.49. The minimum absolute atomic E-state index is 0.695. The molecule has 3 heterocycles. The van der Waals surface area contributed by atoms with Gasteiger partial charge in [-0.15, -0.1) is 0 Å². The Morgan fingerprint density at radius 2 is 2.00 bits per heavy atom. The molecule has 1 aliphatic heterocycles. The van der Waals surface area contributed by atoms with Crippen molar-refractivity contribution in [2.75, 3.05) is 13.6 Å². The first-order valence-electron chi connectivity index (χ1n) is 7.02. The van der Waals surface area contributed by atoms with Crippen LogP contribution in [-0.2, 0) is 13.1 Å². The van der Waals surface area contributed by atoms with Crippen molar-refractivity contribution >= 4 is 11.6 Å². The molecule has 0 atom stereocenters. The predicted octanol–water partition coefficient (Wildman–Crippen LogP) is 3.36. The van der Waals surface area contributed by atoms with Crippen LogP contribution in [0, 0.1) is 6.92 Å². The second kappa shape index (κ2) is 6.41. The van der Waals surface area contributed by atoms with E-state index in [1.165, 1.54) is 0 Å². The Bertz CT molecular complexity index is 576.